The number of halogens is 1. The van der Waals surface area contributed by atoms with Gasteiger partial charge in [-0.1, -0.05) is 11.6 Å². The Balaban J connectivity index is 3.16. The first-order chi connectivity index (χ1) is 5.69. The van der Waals surface area contributed by atoms with Gasteiger partial charge in [0, 0.05) is 6.07 Å². The van der Waals surface area contributed by atoms with Crippen molar-refractivity contribution in [3.8, 4) is 11.5 Å². The Hall–Kier alpha value is -0.540. The van der Waals surface area contributed by atoms with Crippen LogP contribution in [0.1, 0.15) is 0 Å². The molecule has 0 fully saturated rings. The van der Waals surface area contributed by atoms with Crippen LogP contribution in [-0.2, 0) is 0 Å². The Morgan fingerprint density at radius 2 is 1.75 bits per heavy atom. The molecule has 12 heavy (non-hydrogen) atoms. The number of rotatable bonds is 2. The van der Waals surface area contributed by atoms with Gasteiger partial charge in [-0.3, -0.25) is 0 Å². The third-order valence-corrected chi connectivity index (χ3v) is 2.10. The molecule has 0 aliphatic carbocycles. The molecule has 0 unspecified atom stereocenters. The van der Waals surface area contributed by atoms with Crippen molar-refractivity contribution < 1.29 is 9.47 Å². The van der Waals surface area contributed by atoms with E-state index in [1.165, 1.54) is 0 Å². The maximum absolute atomic E-state index is 5.84. The van der Waals surface area contributed by atoms with Gasteiger partial charge in [0.2, 0.25) is 0 Å². The molecule has 0 N–H and O–H groups in total. The Morgan fingerprint density at radius 1 is 1.17 bits per heavy atom. The summed E-state index contributed by atoms with van der Waals surface area (Å²) in [5, 5.41) is 0.521. The van der Waals surface area contributed by atoms with Gasteiger partial charge in [0.25, 0.3) is 0 Å². The van der Waals surface area contributed by atoms with Crippen LogP contribution in [-0.4, -0.2) is 14.2 Å². The number of ether oxygens (including phenoxy) is 2. The largest absolute Gasteiger partial charge is 0.496 e. The molecule has 0 aliphatic heterocycles. The van der Waals surface area contributed by atoms with Crippen molar-refractivity contribution >= 4 is 24.2 Å². The highest BCUT2D eigenvalue weighted by atomic mass is 35.5. The molecule has 1 aromatic carbocycles. The highest BCUT2D eigenvalue weighted by molar-refractivity contribution is 7.80. The van der Waals surface area contributed by atoms with Crippen molar-refractivity contribution in [2.45, 2.75) is 4.90 Å². The third kappa shape index (κ3) is 1.79. The molecule has 0 saturated carbocycles. The van der Waals surface area contributed by atoms with Gasteiger partial charge in [0.05, 0.1) is 24.1 Å². The summed E-state index contributed by atoms with van der Waals surface area (Å²) < 4.78 is 10.00. The van der Waals surface area contributed by atoms with E-state index in [0.29, 0.717) is 21.4 Å². The number of methoxy groups -OCH3 is 2. The first-order valence-electron chi connectivity index (χ1n) is 3.29. The maximum Gasteiger partial charge on any atom is 0.138 e. The van der Waals surface area contributed by atoms with Crippen LogP contribution in [0.15, 0.2) is 17.0 Å². The lowest BCUT2D eigenvalue weighted by molar-refractivity contribution is 0.394. The monoisotopic (exact) mass is 204 g/mol. The van der Waals surface area contributed by atoms with E-state index in [0.717, 1.165) is 0 Å². The third-order valence-electron chi connectivity index (χ3n) is 1.45. The normalized spacial score (nSPS) is 9.67. The Labute approximate surface area is 81.8 Å². The SMILES string of the molecule is COc1cc(Cl)c(OC)cc1S. The standard InChI is InChI=1S/C8H9ClO2S/c1-10-6-4-8(12)7(11-2)3-5(6)9/h3-4,12H,1-2H3. The molecular weight excluding hydrogens is 196 g/mol. The first-order valence-corrected chi connectivity index (χ1v) is 4.12. The lowest BCUT2D eigenvalue weighted by atomic mass is 10.3. The zero-order valence-electron chi connectivity index (χ0n) is 6.80. The van der Waals surface area contributed by atoms with Crippen LogP contribution in [0.2, 0.25) is 5.02 Å². The van der Waals surface area contributed by atoms with E-state index in [1.54, 1.807) is 26.4 Å². The van der Waals surface area contributed by atoms with Crippen molar-refractivity contribution in [1.82, 2.24) is 0 Å². The summed E-state index contributed by atoms with van der Waals surface area (Å²) in [5.41, 5.74) is 0. The molecule has 0 radical (unpaired) electrons. The molecule has 0 saturated heterocycles. The van der Waals surface area contributed by atoms with Gasteiger partial charge in [-0.15, -0.1) is 12.6 Å². The van der Waals surface area contributed by atoms with Crippen LogP contribution in [0.5, 0.6) is 11.5 Å². The fraction of sp³-hybridized carbons (Fsp3) is 0.250. The molecule has 0 amide bonds. The number of hydrogen-bond acceptors (Lipinski definition) is 3. The van der Waals surface area contributed by atoms with E-state index in [-0.39, 0.29) is 0 Å². The summed E-state index contributed by atoms with van der Waals surface area (Å²) in [5.74, 6) is 1.24. The van der Waals surface area contributed by atoms with Crippen molar-refractivity contribution in [2.75, 3.05) is 14.2 Å². The minimum atomic E-state index is 0.521. The molecule has 66 valence electrons. The van der Waals surface area contributed by atoms with E-state index in [4.69, 9.17) is 21.1 Å². The van der Waals surface area contributed by atoms with Gasteiger partial charge in [0.1, 0.15) is 11.5 Å². The zero-order chi connectivity index (χ0) is 9.14. The molecule has 0 bridgehead atoms. The molecule has 4 heteroatoms. The highest BCUT2D eigenvalue weighted by Gasteiger charge is 2.06. The average Bonchev–Trinajstić information content (AvgIpc) is 2.08. The van der Waals surface area contributed by atoms with E-state index in [1.807, 2.05) is 0 Å². The summed E-state index contributed by atoms with van der Waals surface area (Å²) in [6.45, 7) is 0. The maximum atomic E-state index is 5.84. The summed E-state index contributed by atoms with van der Waals surface area (Å²) in [4.78, 5) is 0.707. The summed E-state index contributed by atoms with van der Waals surface area (Å²) in [6, 6.07) is 3.38. The van der Waals surface area contributed by atoms with Gasteiger partial charge >= 0.3 is 0 Å². The fourth-order valence-corrected chi connectivity index (χ4v) is 1.35. The molecule has 0 spiro atoms. The number of hydrogen-bond donors (Lipinski definition) is 1. The smallest absolute Gasteiger partial charge is 0.138 e. The summed E-state index contributed by atoms with van der Waals surface area (Å²) in [7, 11) is 3.12. The minimum absolute atomic E-state index is 0.521. The van der Waals surface area contributed by atoms with Crippen LogP contribution in [0.4, 0.5) is 0 Å². The van der Waals surface area contributed by atoms with Crippen molar-refractivity contribution in [2.24, 2.45) is 0 Å². The number of thiol groups is 1. The van der Waals surface area contributed by atoms with Gasteiger partial charge < -0.3 is 9.47 Å². The Morgan fingerprint density at radius 3 is 2.25 bits per heavy atom. The predicted octanol–water partition coefficient (Wildman–Crippen LogP) is 2.65. The lowest BCUT2D eigenvalue weighted by Crippen LogP contribution is -1.88. The second kappa shape index (κ2) is 3.92. The van der Waals surface area contributed by atoms with Crippen LogP contribution in [0.3, 0.4) is 0 Å². The number of benzene rings is 1. The second-order valence-corrected chi connectivity index (χ2v) is 3.05. The van der Waals surface area contributed by atoms with E-state index in [2.05, 4.69) is 12.6 Å². The van der Waals surface area contributed by atoms with Crippen LogP contribution in [0, 0.1) is 0 Å². The average molecular weight is 205 g/mol. The lowest BCUT2D eigenvalue weighted by Gasteiger charge is -2.07. The first kappa shape index (κ1) is 9.55. The minimum Gasteiger partial charge on any atom is -0.496 e. The Kier molecular flexibility index (Phi) is 3.12. The summed E-state index contributed by atoms with van der Waals surface area (Å²) in [6.07, 6.45) is 0. The topological polar surface area (TPSA) is 18.5 Å². The fourth-order valence-electron chi connectivity index (χ4n) is 0.844. The quantitative estimate of drug-likeness (QED) is 0.747. The van der Waals surface area contributed by atoms with Gasteiger partial charge in [-0.25, -0.2) is 0 Å². The van der Waals surface area contributed by atoms with Crippen molar-refractivity contribution in [1.29, 1.82) is 0 Å². The predicted molar refractivity (Wildman–Crippen MR) is 51.8 cm³/mol. The van der Waals surface area contributed by atoms with Crippen LogP contribution < -0.4 is 9.47 Å². The second-order valence-electron chi connectivity index (χ2n) is 2.16. The van der Waals surface area contributed by atoms with Gasteiger partial charge in [-0.2, -0.15) is 0 Å². The van der Waals surface area contributed by atoms with Gasteiger partial charge in [-0.05, 0) is 6.07 Å². The zero-order valence-corrected chi connectivity index (χ0v) is 8.45. The highest BCUT2D eigenvalue weighted by Crippen LogP contribution is 2.33. The Bertz CT molecular complexity index is 259. The molecule has 0 atom stereocenters. The van der Waals surface area contributed by atoms with Gasteiger partial charge in [0.15, 0.2) is 0 Å². The van der Waals surface area contributed by atoms with Crippen LogP contribution >= 0.6 is 24.2 Å². The molecule has 2 nitrogen and oxygen atoms in total. The summed E-state index contributed by atoms with van der Waals surface area (Å²) >= 11 is 10.0. The molecule has 0 aliphatic rings. The van der Waals surface area contributed by atoms with Crippen LogP contribution in [0.25, 0.3) is 0 Å². The van der Waals surface area contributed by atoms with Crippen molar-refractivity contribution in [3.05, 3.63) is 17.2 Å². The van der Waals surface area contributed by atoms with E-state index < -0.39 is 0 Å². The molecule has 0 aromatic heterocycles. The van der Waals surface area contributed by atoms with E-state index >= 15 is 0 Å². The van der Waals surface area contributed by atoms with E-state index in [9.17, 15) is 0 Å². The molecule has 1 rings (SSSR count). The van der Waals surface area contributed by atoms with Crippen molar-refractivity contribution in [3.63, 3.8) is 0 Å². The molecule has 0 heterocycles. The molecule has 1 aromatic rings. The molecular formula is C8H9ClO2S.